The fourth-order valence-electron chi connectivity index (χ4n) is 2.55. The summed E-state index contributed by atoms with van der Waals surface area (Å²) in [5.41, 5.74) is 1.11. The van der Waals surface area contributed by atoms with Gasteiger partial charge in [-0.25, -0.2) is 14.8 Å². The maximum Gasteiger partial charge on any atom is 0.356 e. The quantitative estimate of drug-likeness (QED) is 0.902. The van der Waals surface area contributed by atoms with E-state index in [1.807, 2.05) is 18.2 Å². The van der Waals surface area contributed by atoms with Crippen LogP contribution in [-0.2, 0) is 4.74 Å². The van der Waals surface area contributed by atoms with Gasteiger partial charge in [0.2, 0.25) is 0 Å². The van der Waals surface area contributed by atoms with Crippen molar-refractivity contribution in [3.05, 3.63) is 54.0 Å². The zero-order chi connectivity index (χ0) is 15.4. The summed E-state index contributed by atoms with van der Waals surface area (Å²) in [7, 11) is 0. The highest BCUT2D eigenvalue weighted by Gasteiger charge is 2.24. The van der Waals surface area contributed by atoms with E-state index in [9.17, 15) is 4.79 Å². The van der Waals surface area contributed by atoms with Crippen LogP contribution < -0.4 is 5.32 Å². The molecule has 3 rings (SSSR count). The number of nitrogens with zero attached hydrogens (tertiary/aromatic N) is 2. The molecule has 114 valence electrons. The van der Waals surface area contributed by atoms with Gasteiger partial charge in [-0.15, -0.1) is 0 Å². The van der Waals surface area contributed by atoms with Crippen molar-refractivity contribution in [2.75, 3.05) is 11.9 Å². The molecule has 1 aliphatic rings. The van der Waals surface area contributed by atoms with E-state index in [0.717, 1.165) is 12.8 Å². The molecular formula is C16H17N3O3. The molecule has 6 heteroatoms. The van der Waals surface area contributed by atoms with Crippen LogP contribution >= 0.6 is 0 Å². The Morgan fingerprint density at radius 1 is 1.23 bits per heavy atom. The van der Waals surface area contributed by atoms with Crippen molar-refractivity contribution in [3.63, 3.8) is 0 Å². The van der Waals surface area contributed by atoms with Gasteiger partial charge in [0.1, 0.15) is 5.82 Å². The first-order valence-electron chi connectivity index (χ1n) is 7.21. The van der Waals surface area contributed by atoms with Crippen molar-refractivity contribution in [1.82, 2.24) is 9.97 Å². The SMILES string of the molecule is O=C(O)c1cnc(NC2CCOC(c3ccccc3)C2)cn1. The third kappa shape index (κ3) is 3.40. The van der Waals surface area contributed by atoms with Gasteiger partial charge in [0.05, 0.1) is 18.5 Å². The summed E-state index contributed by atoms with van der Waals surface area (Å²) in [6.45, 7) is 0.678. The van der Waals surface area contributed by atoms with Crippen molar-refractivity contribution >= 4 is 11.8 Å². The van der Waals surface area contributed by atoms with Crippen LogP contribution in [0.1, 0.15) is 35.0 Å². The fraction of sp³-hybridized carbons (Fsp3) is 0.312. The van der Waals surface area contributed by atoms with E-state index in [4.69, 9.17) is 9.84 Å². The van der Waals surface area contributed by atoms with E-state index in [-0.39, 0.29) is 17.8 Å². The third-order valence-corrected chi connectivity index (χ3v) is 3.68. The second-order valence-corrected chi connectivity index (χ2v) is 5.23. The second-order valence-electron chi connectivity index (χ2n) is 5.23. The van der Waals surface area contributed by atoms with E-state index in [1.165, 1.54) is 18.0 Å². The zero-order valence-corrected chi connectivity index (χ0v) is 12.0. The van der Waals surface area contributed by atoms with Crippen molar-refractivity contribution in [2.45, 2.75) is 25.0 Å². The van der Waals surface area contributed by atoms with Gasteiger partial charge in [0, 0.05) is 12.6 Å². The molecule has 0 spiro atoms. The van der Waals surface area contributed by atoms with Crippen LogP contribution in [0.15, 0.2) is 42.7 Å². The molecule has 0 aliphatic carbocycles. The van der Waals surface area contributed by atoms with Crippen LogP contribution in [0.2, 0.25) is 0 Å². The van der Waals surface area contributed by atoms with Gasteiger partial charge in [0.25, 0.3) is 0 Å². The minimum absolute atomic E-state index is 0.0558. The minimum Gasteiger partial charge on any atom is -0.476 e. The Hall–Kier alpha value is -2.47. The number of aromatic carboxylic acids is 1. The lowest BCUT2D eigenvalue weighted by Crippen LogP contribution is -2.30. The number of ether oxygens (including phenoxy) is 1. The highest BCUT2D eigenvalue weighted by molar-refractivity contribution is 5.84. The molecule has 2 unspecified atom stereocenters. The largest absolute Gasteiger partial charge is 0.476 e. The van der Waals surface area contributed by atoms with E-state index in [2.05, 4.69) is 27.4 Å². The van der Waals surface area contributed by atoms with Crippen molar-refractivity contribution in [1.29, 1.82) is 0 Å². The molecule has 0 radical (unpaired) electrons. The first-order valence-corrected chi connectivity index (χ1v) is 7.21. The van der Waals surface area contributed by atoms with Crippen LogP contribution in [0.5, 0.6) is 0 Å². The summed E-state index contributed by atoms with van der Waals surface area (Å²) in [6, 6.07) is 10.4. The Balaban J connectivity index is 1.64. The number of aromatic nitrogens is 2. The molecule has 2 heterocycles. The van der Waals surface area contributed by atoms with Crippen LogP contribution in [-0.4, -0.2) is 33.7 Å². The third-order valence-electron chi connectivity index (χ3n) is 3.68. The number of carbonyl (C=O) groups is 1. The van der Waals surface area contributed by atoms with Crippen molar-refractivity contribution in [3.8, 4) is 0 Å². The van der Waals surface area contributed by atoms with E-state index < -0.39 is 5.97 Å². The Kier molecular flexibility index (Phi) is 4.29. The van der Waals surface area contributed by atoms with Gasteiger partial charge in [0.15, 0.2) is 5.69 Å². The number of benzene rings is 1. The Morgan fingerprint density at radius 3 is 2.73 bits per heavy atom. The van der Waals surface area contributed by atoms with Gasteiger partial charge in [-0.05, 0) is 18.4 Å². The van der Waals surface area contributed by atoms with E-state index in [0.29, 0.717) is 12.4 Å². The first kappa shape index (κ1) is 14.5. The predicted molar refractivity (Wildman–Crippen MR) is 80.8 cm³/mol. The molecule has 6 nitrogen and oxygen atoms in total. The number of hydrogen-bond donors (Lipinski definition) is 2. The molecule has 2 aromatic rings. The highest BCUT2D eigenvalue weighted by Crippen LogP contribution is 2.29. The average molecular weight is 299 g/mol. The molecule has 1 aromatic carbocycles. The number of hydrogen-bond acceptors (Lipinski definition) is 5. The predicted octanol–water partition coefficient (Wildman–Crippen LogP) is 2.51. The molecule has 0 bridgehead atoms. The van der Waals surface area contributed by atoms with Crippen LogP contribution in [0.25, 0.3) is 0 Å². The lowest BCUT2D eigenvalue weighted by Gasteiger charge is -2.30. The summed E-state index contributed by atoms with van der Waals surface area (Å²) in [4.78, 5) is 18.7. The number of rotatable bonds is 4. The molecule has 22 heavy (non-hydrogen) atoms. The van der Waals surface area contributed by atoms with Crippen LogP contribution in [0, 0.1) is 0 Å². The number of carboxylic acids is 1. The summed E-state index contributed by atoms with van der Waals surface area (Å²) in [5, 5.41) is 12.1. The number of carboxylic acid groups (broad SMARTS) is 1. The molecular weight excluding hydrogens is 282 g/mol. The summed E-state index contributed by atoms with van der Waals surface area (Å²) in [5.74, 6) is -0.488. The average Bonchev–Trinajstić information content (AvgIpc) is 2.56. The molecule has 1 aromatic heterocycles. The number of anilines is 1. The lowest BCUT2D eigenvalue weighted by atomic mass is 9.97. The molecule has 0 amide bonds. The maximum absolute atomic E-state index is 10.8. The van der Waals surface area contributed by atoms with Crippen molar-refractivity contribution in [2.24, 2.45) is 0 Å². The second kappa shape index (κ2) is 6.53. The molecule has 0 saturated carbocycles. The van der Waals surface area contributed by atoms with E-state index in [1.54, 1.807) is 0 Å². The van der Waals surface area contributed by atoms with Gasteiger partial charge >= 0.3 is 5.97 Å². The maximum atomic E-state index is 10.8. The smallest absolute Gasteiger partial charge is 0.356 e. The molecule has 2 N–H and O–H groups in total. The monoisotopic (exact) mass is 299 g/mol. The Morgan fingerprint density at radius 2 is 2.05 bits per heavy atom. The summed E-state index contributed by atoms with van der Waals surface area (Å²) < 4.78 is 5.83. The first-order chi connectivity index (χ1) is 10.7. The minimum atomic E-state index is -1.07. The summed E-state index contributed by atoms with van der Waals surface area (Å²) >= 11 is 0. The topological polar surface area (TPSA) is 84.3 Å². The van der Waals surface area contributed by atoms with Gasteiger partial charge in [-0.2, -0.15) is 0 Å². The van der Waals surface area contributed by atoms with E-state index >= 15 is 0 Å². The fourth-order valence-corrected chi connectivity index (χ4v) is 2.55. The molecule has 1 fully saturated rings. The molecule has 1 saturated heterocycles. The standard InChI is InChI=1S/C16H17N3O3/c20-16(21)13-9-18-15(10-17-13)19-12-6-7-22-14(8-12)11-4-2-1-3-5-11/h1-5,9-10,12,14H,6-8H2,(H,18,19)(H,20,21). The summed E-state index contributed by atoms with van der Waals surface area (Å²) in [6.07, 6.45) is 4.51. The lowest BCUT2D eigenvalue weighted by molar-refractivity contribution is 0.00974. The normalized spacial score (nSPS) is 21.3. The highest BCUT2D eigenvalue weighted by atomic mass is 16.5. The van der Waals surface area contributed by atoms with Gasteiger partial charge in [-0.3, -0.25) is 0 Å². The Labute approximate surface area is 128 Å². The van der Waals surface area contributed by atoms with Crippen LogP contribution in [0.3, 0.4) is 0 Å². The zero-order valence-electron chi connectivity index (χ0n) is 12.0. The number of nitrogens with one attached hydrogen (secondary N) is 1. The molecule has 1 aliphatic heterocycles. The van der Waals surface area contributed by atoms with Gasteiger partial charge < -0.3 is 15.2 Å². The van der Waals surface area contributed by atoms with Crippen LogP contribution in [0.4, 0.5) is 5.82 Å². The van der Waals surface area contributed by atoms with Gasteiger partial charge in [-0.1, -0.05) is 30.3 Å². The van der Waals surface area contributed by atoms with Crippen molar-refractivity contribution < 1.29 is 14.6 Å². The molecule has 2 atom stereocenters. The Bertz CT molecular complexity index is 631.